The van der Waals surface area contributed by atoms with Crippen molar-refractivity contribution in [1.82, 2.24) is 5.32 Å². The van der Waals surface area contributed by atoms with Gasteiger partial charge in [0.15, 0.2) is 0 Å². The van der Waals surface area contributed by atoms with Crippen molar-refractivity contribution in [2.45, 2.75) is 24.9 Å². The Morgan fingerprint density at radius 1 is 1.58 bits per heavy atom. The highest BCUT2D eigenvalue weighted by molar-refractivity contribution is 7.10. The first-order valence-corrected chi connectivity index (χ1v) is 5.18. The summed E-state index contributed by atoms with van der Waals surface area (Å²) in [6.45, 7) is 0.266. The first-order valence-electron chi connectivity index (χ1n) is 4.30. The molecule has 66 valence electrons. The van der Waals surface area contributed by atoms with Crippen LogP contribution in [0.2, 0.25) is 0 Å². The number of rotatable bonds is 2. The number of aliphatic hydroxyl groups excluding tert-OH is 1. The monoisotopic (exact) mass is 183 g/mol. The predicted octanol–water partition coefficient (Wildman–Crippen LogP) is 1.53. The highest BCUT2D eigenvalue weighted by Crippen LogP contribution is 2.28. The van der Waals surface area contributed by atoms with Crippen molar-refractivity contribution in [2.75, 3.05) is 6.61 Å². The maximum absolute atomic E-state index is 8.92. The molecule has 1 saturated heterocycles. The molecule has 1 aromatic rings. The van der Waals surface area contributed by atoms with Gasteiger partial charge >= 0.3 is 0 Å². The second-order valence-electron chi connectivity index (χ2n) is 3.19. The average molecular weight is 183 g/mol. The molecular formula is C9H13NOS. The molecule has 2 N–H and O–H groups in total. The largest absolute Gasteiger partial charge is 0.395 e. The van der Waals surface area contributed by atoms with E-state index in [2.05, 4.69) is 22.8 Å². The van der Waals surface area contributed by atoms with Crippen LogP contribution < -0.4 is 5.32 Å². The van der Waals surface area contributed by atoms with Crippen LogP contribution in [-0.4, -0.2) is 17.8 Å². The molecule has 1 aliphatic rings. The minimum absolute atomic E-state index is 0.266. The molecule has 0 saturated carbocycles. The zero-order valence-corrected chi connectivity index (χ0v) is 7.68. The van der Waals surface area contributed by atoms with Crippen molar-refractivity contribution in [3.8, 4) is 0 Å². The molecule has 0 bridgehead atoms. The Bertz CT molecular complexity index is 235. The summed E-state index contributed by atoms with van der Waals surface area (Å²) in [7, 11) is 0. The molecule has 0 amide bonds. The summed E-state index contributed by atoms with van der Waals surface area (Å²) in [6, 6.07) is 5.04. The van der Waals surface area contributed by atoms with Crippen molar-refractivity contribution in [3.05, 3.63) is 22.4 Å². The summed E-state index contributed by atoms with van der Waals surface area (Å²) in [6.07, 6.45) is 2.25. The minimum atomic E-state index is 0.266. The smallest absolute Gasteiger partial charge is 0.0584 e. The van der Waals surface area contributed by atoms with Gasteiger partial charge in [0.05, 0.1) is 6.61 Å². The van der Waals surface area contributed by atoms with Crippen molar-refractivity contribution in [3.63, 3.8) is 0 Å². The maximum Gasteiger partial charge on any atom is 0.0584 e. The van der Waals surface area contributed by atoms with Crippen LogP contribution in [0.3, 0.4) is 0 Å². The van der Waals surface area contributed by atoms with Crippen molar-refractivity contribution in [1.29, 1.82) is 0 Å². The van der Waals surface area contributed by atoms with Gasteiger partial charge in [0, 0.05) is 17.0 Å². The zero-order chi connectivity index (χ0) is 8.39. The molecule has 0 aromatic carbocycles. The second kappa shape index (κ2) is 3.56. The van der Waals surface area contributed by atoms with Crippen molar-refractivity contribution < 1.29 is 5.11 Å². The van der Waals surface area contributed by atoms with E-state index in [0.717, 1.165) is 12.8 Å². The van der Waals surface area contributed by atoms with E-state index in [4.69, 9.17) is 5.11 Å². The molecule has 2 rings (SSSR count). The molecule has 2 atom stereocenters. The lowest BCUT2D eigenvalue weighted by Crippen LogP contribution is -2.26. The van der Waals surface area contributed by atoms with Gasteiger partial charge in [-0.05, 0) is 24.3 Å². The molecule has 1 fully saturated rings. The number of hydrogen-bond donors (Lipinski definition) is 2. The lowest BCUT2D eigenvalue weighted by molar-refractivity contribution is 0.252. The molecule has 0 spiro atoms. The fourth-order valence-electron chi connectivity index (χ4n) is 1.68. The first kappa shape index (κ1) is 8.23. The second-order valence-corrected chi connectivity index (χ2v) is 4.17. The third kappa shape index (κ3) is 1.53. The van der Waals surface area contributed by atoms with Gasteiger partial charge in [0.25, 0.3) is 0 Å². The summed E-state index contributed by atoms with van der Waals surface area (Å²) in [5, 5.41) is 14.4. The van der Waals surface area contributed by atoms with E-state index in [0.29, 0.717) is 12.1 Å². The first-order chi connectivity index (χ1) is 5.90. The molecule has 2 heterocycles. The highest BCUT2D eigenvalue weighted by Gasteiger charge is 2.24. The summed E-state index contributed by atoms with van der Waals surface area (Å²) >= 11 is 1.79. The van der Waals surface area contributed by atoms with Crippen LogP contribution in [0.5, 0.6) is 0 Å². The number of hydrogen-bond acceptors (Lipinski definition) is 3. The lowest BCUT2D eigenvalue weighted by atomic mass is 10.2. The molecule has 3 heteroatoms. The van der Waals surface area contributed by atoms with Crippen LogP contribution in [0.4, 0.5) is 0 Å². The highest BCUT2D eigenvalue weighted by atomic mass is 32.1. The number of nitrogens with one attached hydrogen (secondary N) is 1. The third-order valence-electron chi connectivity index (χ3n) is 2.35. The lowest BCUT2D eigenvalue weighted by Gasteiger charge is -2.09. The Balaban J connectivity index is 2.00. The molecule has 0 unspecified atom stereocenters. The molecule has 1 aromatic heterocycles. The number of aliphatic hydroxyl groups is 1. The Kier molecular flexibility index (Phi) is 2.44. The van der Waals surface area contributed by atoms with Crippen LogP contribution in [0.15, 0.2) is 17.5 Å². The van der Waals surface area contributed by atoms with Crippen molar-refractivity contribution >= 4 is 11.3 Å². The van der Waals surface area contributed by atoms with Crippen molar-refractivity contribution in [2.24, 2.45) is 0 Å². The molecule has 1 aliphatic heterocycles. The molecule has 12 heavy (non-hydrogen) atoms. The summed E-state index contributed by atoms with van der Waals surface area (Å²) in [5.41, 5.74) is 0. The summed E-state index contributed by atoms with van der Waals surface area (Å²) in [4.78, 5) is 1.39. The van der Waals surface area contributed by atoms with Crippen LogP contribution in [0.25, 0.3) is 0 Å². The minimum Gasteiger partial charge on any atom is -0.395 e. The van der Waals surface area contributed by atoms with Gasteiger partial charge in [-0.1, -0.05) is 6.07 Å². The number of thiophene rings is 1. The Morgan fingerprint density at radius 3 is 3.08 bits per heavy atom. The standard InChI is InChI=1S/C9H13NOS/c11-6-7-3-4-8(10-7)9-2-1-5-12-9/h1-2,5,7-8,10-11H,3-4,6H2/t7-,8-/m0/s1. The Labute approximate surface area is 76.2 Å². The van der Waals surface area contributed by atoms with Gasteiger partial charge < -0.3 is 10.4 Å². The van der Waals surface area contributed by atoms with Gasteiger partial charge in [0.1, 0.15) is 0 Å². The molecule has 2 nitrogen and oxygen atoms in total. The summed E-state index contributed by atoms with van der Waals surface area (Å²) < 4.78 is 0. The Morgan fingerprint density at radius 2 is 2.50 bits per heavy atom. The van der Waals surface area contributed by atoms with E-state index >= 15 is 0 Å². The molecular weight excluding hydrogens is 170 g/mol. The Hall–Kier alpha value is -0.380. The van der Waals surface area contributed by atoms with E-state index in [1.165, 1.54) is 4.88 Å². The predicted molar refractivity (Wildman–Crippen MR) is 50.3 cm³/mol. The van der Waals surface area contributed by atoms with Crippen LogP contribution in [0, 0.1) is 0 Å². The summed E-state index contributed by atoms with van der Waals surface area (Å²) in [5.74, 6) is 0. The topological polar surface area (TPSA) is 32.3 Å². The fourth-order valence-corrected chi connectivity index (χ4v) is 2.50. The van der Waals surface area contributed by atoms with Crippen LogP contribution in [0.1, 0.15) is 23.8 Å². The quantitative estimate of drug-likeness (QED) is 0.729. The SMILES string of the molecule is OC[C@@H]1CC[C@@H](c2cccs2)N1. The third-order valence-corrected chi connectivity index (χ3v) is 3.33. The van der Waals surface area contributed by atoms with E-state index in [9.17, 15) is 0 Å². The molecule has 0 radical (unpaired) electrons. The van der Waals surface area contributed by atoms with Gasteiger partial charge in [-0.3, -0.25) is 0 Å². The van der Waals surface area contributed by atoms with E-state index in [-0.39, 0.29) is 6.61 Å². The van der Waals surface area contributed by atoms with Crippen LogP contribution in [-0.2, 0) is 0 Å². The van der Waals surface area contributed by atoms with Crippen LogP contribution >= 0.6 is 11.3 Å². The average Bonchev–Trinajstić information content (AvgIpc) is 2.75. The fraction of sp³-hybridized carbons (Fsp3) is 0.556. The van der Waals surface area contributed by atoms with Gasteiger partial charge in [-0.2, -0.15) is 0 Å². The molecule has 0 aliphatic carbocycles. The van der Waals surface area contributed by atoms with Gasteiger partial charge in [0.2, 0.25) is 0 Å². The van der Waals surface area contributed by atoms with E-state index < -0.39 is 0 Å². The van der Waals surface area contributed by atoms with Gasteiger partial charge in [-0.15, -0.1) is 11.3 Å². The normalized spacial score (nSPS) is 29.4. The van der Waals surface area contributed by atoms with Gasteiger partial charge in [-0.25, -0.2) is 0 Å². The zero-order valence-electron chi connectivity index (χ0n) is 6.86. The van der Waals surface area contributed by atoms with E-state index in [1.54, 1.807) is 11.3 Å². The maximum atomic E-state index is 8.92. The van der Waals surface area contributed by atoms with E-state index in [1.807, 2.05) is 0 Å².